The molecule has 0 bridgehead atoms. The predicted octanol–water partition coefficient (Wildman–Crippen LogP) is 4.72. The van der Waals surface area contributed by atoms with E-state index in [-0.39, 0.29) is 39.1 Å². The average Bonchev–Trinajstić information content (AvgIpc) is 3.41. The molecule has 1 aromatic heterocycles. The van der Waals surface area contributed by atoms with Crippen molar-refractivity contribution in [3.63, 3.8) is 0 Å². The molecule has 0 radical (unpaired) electrons. The van der Waals surface area contributed by atoms with Crippen molar-refractivity contribution in [3.05, 3.63) is 82.5 Å². The average molecular weight is 458 g/mol. The summed E-state index contributed by atoms with van der Waals surface area (Å²) < 4.78 is 29.9. The Morgan fingerprint density at radius 1 is 1.09 bits per heavy atom. The van der Waals surface area contributed by atoms with Gasteiger partial charge in [-0.05, 0) is 42.5 Å². The van der Waals surface area contributed by atoms with E-state index >= 15 is 0 Å². The molecule has 0 saturated carbocycles. The number of methoxy groups -OCH3 is 2. The summed E-state index contributed by atoms with van der Waals surface area (Å²) in [6.45, 7) is 0. The van der Waals surface area contributed by atoms with Crippen molar-refractivity contribution in [1.82, 2.24) is 0 Å². The number of carbonyl (C=O) groups excluding carboxylic acids is 2. The van der Waals surface area contributed by atoms with E-state index in [9.17, 15) is 19.1 Å². The lowest BCUT2D eigenvalue weighted by Crippen LogP contribution is -2.29. The maximum Gasteiger partial charge on any atom is 0.300 e. The molecular weight excluding hydrogens is 441 g/mol. The lowest BCUT2D eigenvalue weighted by atomic mass is 9.98. The van der Waals surface area contributed by atoms with Crippen molar-refractivity contribution in [2.24, 2.45) is 0 Å². The van der Waals surface area contributed by atoms with E-state index in [0.717, 1.165) is 11.0 Å². The van der Waals surface area contributed by atoms with E-state index < -0.39 is 29.3 Å². The normalized spacial score (nSPS) is 17.6. The number of rotatable bonds is 5. The van der Waals surface area contributed by atoms with Crippen LogP contribution in [0.5, 0.6) is 11.5 Å². The molecular formula is C23H17ClFNO6. The Balaban J connectivity index is 1.99. The fourth-order valence-electron chi connectivity index (χ4n) is 3.67. The SMILES string of the molecule is COc1cccc(OC)c1/C(O)=C1\C(=O)C(=O)N(c2ccc(F)c(Cl)c2)C1c1ccco1. The number of ketones is 1. The summed E-state index contributed by atoms with van der Waals surface area (Å²) in [7, 11) is 2.79. The Morgan fingerprint density at radius 2 is 1.78 bits per heavy atom. The summed E-state index contributed by atoms with van der Waals surface area (Å²) >= 11 is 5.91. The van der Waals surface area contributed by atoms with Gasteiger partial charge in [-0.3, -0.25) is 14.5 Å². The van der Waals surface area contributed by atoms with Crippen LogP contribution in [0, 0.1) is 5.82 Å². The van der Waals surface area contributed by atoms with Crippen molar-refractivity contribution in [3.8, 4) is 11.5 Å². The molecule has 1 unspecified atom stereocenters. The fourth-order valence-corrected chi connectivity index (χ4v) is 3.84. The van der Waals surface area contributed by atoms with Gasteiger partial charge in [-0.25, -0.2) is 4.39 Å². The molecule has 2 aromatic carbocycles. The topological polar surface area (TPSA) is 89.2 Å². The highest BCUT2D eigenvalue weighted by Crippen LogP contribution is 2.45. The van der Waals surface area contributed by atoms with Crippen LogP contribution in [-0.2, 0) is 9.59 Å². The first-order chi connectivity index (χ1) is 15.4. The van der Waals surface area contributed by atoms with Crippen LogP contribution in [0.1, 0.15) is 17.4 Å². The maximum atomic E-state index is 13.7. The molecule has 1 aliphatic heterocycles. The van der Waals surface area contributed by atoms with Crippen molar-refractivity contribution in [1.29, 1.82) is 0 Å². The van der Waals surface area contributed by atoms with Crippen molar-refractivity contribution in [2.45, 2.75) is 6.04 Å². The van der Waals surface area contributed by atoms with E-state index in [0.29, 0.717) is 0 Å². The number of amides is 1. The van der Waals surface area contributed by atoms with Crippen LogP contribution in [-0.4, -0.2) is 31.0 Å². The molecule has 164 valence electrons. The number of hydrogen-bond acceptors (Lipinski definition) is 6. The lowest BCUT2D eigenvalue weighted by molar-refractivity contribution is -0.132. The van der Waals surface area contributed by atoms with Gasteiger partial charge in [0.05, 0.1) is 31.1 Å². The summed E-state index contributed by atoms with van der Waals surface area (Å²) in [5.41, 5.74) is 0.0170. The van der Waals surface area contributed by atoms with Gasteiger partial charge in [-0.1, -0.05) is 17.7 Å². The van der Waals surface area contributed by atoms with Gasteiger partial charge in [-0.2, -0.15) is 0 Å². The highest BCUT2D eigenvalue weighted by molar-refractivity contribution is 6.51. The summed E-state index contributed by atoms with van der Waals surface area (Å²) in [6.07, 6.45) is 1.37. The van der Waals surface area contributed by atoms with Gasteiger partial charge < -0.3 is 19.0 Å². The van der Waals surface area contributed by atoms with Crippen LogP contribution in [0.3, 0.4) is 0 Å². The van der Waals surface area contributed by atoms with Crippen LogP contribution in [0.2, 0.25) is 5.02 Å². The Kier molecular flexibility index (Phi) is 5.63. The van der Waals surface area contributed by atoms with Crippen molar-refractivity contribution < 1.29 is 33.0 Å². The van der Waals surface area contributed by atoms with Crippen LogP contribution < -0.4 is 14.4 Å². The number of aliphatic hydroxyl groups is 1. The van der Waals surface area contributed by atoms with E-state index in [1.54, 1.807) is 30.3 Å². The second kappa shape index (κ2) is 8.39. The molecule has 0 spiro atoms. The van der Waals surface area contributed by atoms with Gasteiger partial charge in [0.1, 0.15) is 40.4 Å². The molecule has 32 heavy (non-hydrogen) atoms. The van der Waals surface area contributed by atoms with Gasteiger partial charge in [0, 0.05) is 5.69 Å². The minimum Gasteiger partial charge on any atom is -0.506 e. The second-order valence-electron chi connectivity index (χ2n) is 6.82. The Labute approximate surface area is 187 Å². The number of anilines is 1. The number of benzene rings is 2. The molecule has 3 aromatic rings. The zero-order chi connectivity index (χ0) is 23.0. The standard InChI is InChI=1S/C23H17ClFNO6/c1-30-15-5-3-6-16(31-2)18(15)21(27)19-20(17-7-4-10-32-17)26(23(29)22(19)28)12-8-9-14(25)13(24)11-12/h3-11,20,27H,1-2H3/b21-19+. The first-order valence-corrected chi connectivity index (χ1v) is 9.77. The quantitative estimate of drug-likeness (QED) is 0.339. The number of Topliss-reactive ketones (excluding diaryl/α,β-unsaturated/α-hetero) is 1. The zero-order valence-electron chi connectivity index (χ0n) is 17.0. The molecule has 1 fully saturated rings. The first-order valence-electron chi connectivity index (χ1n) is 9.39. The van der Waals surface area contributed by atoms with Gasteiger partial charge >= 0.3 is 0 Å². The number of ether oxygens (including phenoxy) is 2. The molecule has 1 aliphatic rings. The third-order valence-corrected chi connectivity index (χ3v) is 5.39. The molecule has 1 amide bonds. The van der Waals surface area contributed by atoms with Crippen molar-refractivity contribution in [2.75, 3.05) is 19.1 Å². The third kappa shape index (κ3) is 3.38. The van der Waals surface area contributed by atoms with E-state index in [4.69, 9.17) is 25.5 Å². The van der Waals surface area contributed by atoms with E-state index in [2.05, 4.69) is 0 Å². The van der Waals surface area contributed by atoms with E-state index in [1.807, 2.05) is 0 Å². The van der Waals surface area contributed by atoms with Crippen LogP contribution in [0.25, 0.3) is 5.76 Å². The summed E-state index contributed by atoms with van der Waals surface area (Å²) in [5, 5.41) is 11.0. The molecule has 7 nitrogen and oxygen atoms in total. The summed E-state index contributed by atoms with van der Waals surface area (Å²) in [5.74, 6) is -2.41. The molecule has 1 saturated heterocycles. The Bertz CT molecular complexity index is 1220. The molecule has 2 heterocycles. The molecule has 1 N–H and O–H groups in total. The number of carbonyl (C=O) groups is 2. The second-order valence-corrected chi connectivity index (χ2v) is 7.23. The summed E-state index contributed by atoms with van der Waals surface area (Å²) in [6, 6.07) is 10.4. The highest BCUT2D eigenvalue weighted by Gasteiger charge is 2.49. The number of nitrogens with zero attached hydrogens (tertiary/aromatic N) is 1. The smallest absolute Gasteiger partial charge is 0.300 e. The largest absolute Gasteiger partial charge is 0.506 e. The highest BCUT2D eigenvalue weighted by atomic mass is 35.5. The van der Waals surface area contributed by atoms with Gasteiger partial charge in [-0.15, -0.1) is 0 Å². The number of furan rings is 1. The van der Waals surface area contributed by atoms with E-state index in [1.165, 1.54) is 32.6 Å². The lowest BCUT2D eigenvalue weighted by Gasteiger charge is -2.24. The Morgan fingerprint density at radius 3 is 2.34 bits per heavy atom. The monoisotopic (exact) mass is 457 g/mol. The zero-order valence-corrected chi connectivity index (χ0v) is 17.7. The van der Waals surface area contributed by atoms with Gasteiger partial charge in [0.2, 0.25) is 0 Å². The minimum absolute atomic E-state index is 0.101. The molecule has 0 aliphatic carbocycles. The van der Waals surface area contributed by atoms with Crippen LogP contribution in [0.15, 0.2) is 64.8 Å². The number of halogens is 2. The predicted molar refractivity (Wildman–Crippen MR) is 114 cm³/mol. The van der Waals surface area contributed by atoms with Crippen LogP contribution >= 0.6 is 11.6 Å². The number of hydrogen-bond donors (Lipinski definition) is 1. The summed E-state index contributed by atoms with van der Waals surface area (Å²) in [4.78, 5) is 27.3. The van der Waals surface area contributed by atoms with Crippen LogP contribution in [0.4, 0.5) is 10.1 Å². The number of aliphatic hydroxyl groups excluding tert-OH is 1. The minimum atomic E-state index is -1.14. The fraction of sp³-hybridized carbons (Fsp3) is 0.130. The molecule has 4 rings (SSSR count). The van der Waals surface area contributed by atoms with Gasteiger partial charge in [0.25, 0.3) is 11.7 Å². The Hall–Kier alpha value is -3.78. The van der Waals surface area contributed by atoms with Crippen molar-refractivity contribution >= 4 is 34.7 Å². The van der Waals surface area contributed by atoms with Gasteiger partial charge in [0.15, 0.2) is 0 Å². The first kappa shape index (κ1) is 21.5. The molecule has 1 atom stereocenters. The molecule has 9 heteroatoms. The third-order valence-electron chi connectivity index (χ3n) is 5.10. The maximum absolute atomic E-state index is 13.7.